The van der Waals surface area contributed by atoms with Crippen molar-refractivity contribution in [3.63, 3.8) is 0 Å². The molecule has 0 aromatic carbocycles. The predicted octanol–water partition coefficient (Wildman–Crippen LogP) is 2.79. The van der Waals surface area contributed by atoms with E-state index in [-0.39, 0.29) is 43.1 Å². The van der Waals surface area contributed by atoms with E-state index in [0.717, 1.165) is 38.2 Å². The van der Waals surface area contributed by atoms with Crippen molar-refractivity contribution in [1.29, 1.82) is 0 Å². The summed E-state index contributed by atoms with van der Waals surface area (Å²) in [6.45, 7) is 4.57. The van der Waals surface area contributed by atoms with Gasteiger partial charge in [0.25, 0.3) is 5.91 Å². The molecule has 1 amide bonds. The molecule has 0 unspecified atom stereocenters. The zero-order valence-electron chi connectivity index (χ0n) is 15.5. The first kappa shape index (κ1) is 25.7. The lowest BCUT2D eigenvalue weighted by molar-refractivity contribution is 0.0923. The Labute approximate surface area is 178 Å². The summed E-state index contributed by atoms with van der Waals surface area (Å²) in [6.07, 6.45) is 6.31. The SMILES string of the molecule is CN(C)CCN1CCc2c(CNC(=O)c3ccco3)cncc2C1.Cl.Cl.Cl. The number of likely N-dealkylation sites (N-methyl/N-ethyl adjacent to an activating group) is 1. The maximum atomic E-state index is 12.0. The molecule has 0 radical (unpaired) electrons. The summed E-state index contributed by atoms with van der Waals surface area (Å²) < 4.78 is 5.12. The molecule has 1 aliphatic heterocycles. The van der Waals surface area contributed by atoms with Gasteiger partial charge in [-0.3, -0.25) is 14.7 Å². The molecule has 0 atom stereocenters. The minimum absolute atomic E-state index is 0. The van der Waals surface area contributed by atoms with Crippen LogP contribution in [0.4, 0.5) is 0 Å². The van der Waals surface area contributed by atoms with Crippen molar-refractivity contribution in [2.24, 2.45) is 0 Å². The highest BCUT2D eigenvalue weighted by Crippen LogP contribution is 2.21. The van der Waals surface area contributed by atoms with Crippen molar-refractivity contribution < 1.29 is 9.21 Å². The summed E-state index contributed by atoms with van der Waals surface area (Å²) in [6, 6.07) is 3.37. The third-order valence-corrected chi connectivity index (χ3v) is 4.36. The number of nitrogens with one attached hydrogen (secondary N) is 1. The number of halogens is 3. The number of hydrogen-bond donors (Lipinski definition) is 1. The number of fused-ring (bicyclic) bond motifs is 1. The molecule has 9 heteroatoms. The lowest BCUT2D eigenvalue weighted by atomic mass is 9.97. The highest BCUT2D eigenvalue weighted by Gasteiger charge is 2.19. The molecule has 0 spiro atoms. The lowest BCUT2D eigenvalue weighted by Crippen LogP contribution is -2.36. The number of carbonyl (C=O) groups is 1. The zero-order valence-corrected chi connectivity index (χ0v) is 18.0. The van der Waals surface area contributed by atoms with Crippen LogP contribution in [-0.2, 0) is 19.5 Å². The first-order valence-electron chi connectivity index (χ1n) is 8.27. The van der Waals surface area contributed by atoms with Crippen molar-refractivity contribution in [1.82, 2.24) is 20.1 Å². The summed E-state index contributed by atoms with van der Waals surface area (Å²) in [7, 11) is 4.19. The van der Waals surface area contributed by atoms with Gasteiger partial charge in [0.05, 0.1) is 6.26 Å². The molecule has 27 heavy (non-hydrogen) atoms. The first-order valence-corrected chi connectivity index (χ1v) is 8.27. The van der Waals surface area contributed by atoms with E-state index in [0.29, 0.717) is 12.3 Å². The van der Waals surface area contributed by atoms with Gasteiger partial charge in [-0.25, -0.2) is 0 Å². The quantitative estimate of drug-likeness (QED) is 0.753. The molecule has 1 aliphatic rings. The number of amides is 1. The number of pyridine rings is 1. The Kier molecular flexibility index (Phi) is 11.6. The monoisotopic (exact) mass is 436 g/mol. The third kappa shape index (κ3) is 6.97. The summed E-state index contributed by atoms with van der Waals surface area (Å²) in [5.41, 5.74) is 3.69. The molecule has 0 bridgehead atoms. The van der Waals surface area contributed by atoms with Crippen molar-refractivity contribution >= 4 is 43.1 Å². The lowest BCUT2D eigenvalue weighted by Gasteiger charge is -2.30. The minimum Gasteiger partial charge on any atom is -0.459 e. The van der Waals surface area contributed by atoms with Crippen LogP contribution < -0.4 is 5.32 Å². The topological polar surface area (TPSA) is 61.6 Å². The van der Waals surface area contributed by atoms with E-state index >= 15 is 0 Å². The van der Waals surface area contributed by atoms with Gasteiger partial charge in [0.15, 0.2) is 5.76 Å². The molecule has 152 valence electrons. The average Bonchev–Trinajstić information content (AvgIpc) is 3.12. The number of furan rings is 1. The van der Waals surface area contributed by atoms with Crippen molar-refractivity contribution in [3.8, 4) is 0 Å². The van der Waals surface area contributed by atoms with Gasteiger partial charge >= 0.3 is 0 Å². The van der Waals surface area contributed by atoms with Crippen LogP contribution in [0.5, 0.6) is 0 Å². The number of aromatic nitrogens is 1. The highest BCUT2D eigenvalue weighted by molar-refractivity contribution is 5.91. The Morgan fingerprint density at radius 3 is 2.74 bits per heavy atom. The third-order valence-electron chi connectivity index (χ3n) is 4.36. The van der Waals surface area contributed by atoms with Crippen LogP contribution in [0.2, 0.25) is 0 Å². The molecule has 0 saturated heterocycles. The normalized spacial score (nSPS) is 13.0. The van der Waals surface area contributed by atoms with E-state index in [1.54, 1.807) is 12.1 Å². The summed E-state index contributed by atoms with van der Waals surface area (Å²) in [5.74, 6) is 0.142. The van der Waals surface area contributed by atoms with Crippen LogP contribution in [-0.4, -0.2) is 54.4 Å². The number of hydrogen-bond acceptors (Lipinski definition) is 5. The molecule has 0 aliphatic carbocycles. The first-order chi connectivity index (χ1) is 11.6. The largest absolute Gasteiger partial charge is 0.459 e. The minimum atomic E-state index is -0.193. The number of carbonyl (C=O) groups excluding carboxylic acids is 1. The zero-order chi connectivity index (χ0) is 16.9. The maximum absolute atomic E-state index is 12.0. The molecule has 1 N–H and O–H groups in total. The molecular weight excluding hydrogens is 411 g/mol. The molecule has 0 saturated carbocycles. The molecular formula is C18H27Cl3N4O2. The van der Waals surface area contributed by atoms with Crippen molar-refractivity contribution in [3.05, 3.63) is 53.2 Å². The molecule has 3 heterocycles. The fraction of sp³-hybridized carbons (Fsp3) is 0.444. The van der Waals surface area contributed by atoms with Crippen LogP contribution in [0.25, 0.3) is 0 Å². The van der Waals surface area contributed by atoms with Gasteiger partial charge in [0, 0.05) is 45.1 Å². The number of nitrogens with zero attached hydrogens (tertiary/aromatic N) is 3. The van der Waals surface area contributed by atoms with Gasteiger partial charge < -0.3 is 14.6 Å². The van der Waals surface area contributed by atoms with Crippen LogP contribution in [0.15, 0.2) is 35.2 Å². The van der Waals surface area contributed by atoms with Gasteiger partial charge in [-0.15, -0.1) is 37.2 Å². The second-order valence-corrected chi connectivity index (χ2v) is 6.43. The van der Waals surface area contributed by atoms with E-state index in [9.17, 15) is 4.79 Å². The van der Waals surface area contributed by atoms with Crippen molar-refractivity contribution in [2.75, 3.05) is 33.7 Å². The Morgan fingerprint density at radius 1 is 1.30 bits per heavy atom. The van der Waals surface area contributed by atoms with E-state index in [4.69, 9.17) is 4.42 Å². The predicted molar refractivity (Wildman–Crippen MR) is 113 cm³/mol. The second kappa shape index (κ2) is 12.2. The Balaban J connectivity index is 0.00000225. The van der Waals surface area contributed by atoms with Gasteiger partial charge in [0.1, 0.15) is 0 Å². The van der Waals surface area contributed by atoms with Crippen LogP contribution in [0.3, 0.4) is 0 Å². The Hall–Kier alpha value is -1.31. The van der Waals surface area contributed by atoms with Gasteiger partial charge in [-0.05, 0) is 49.3 Å². The second-order valence-electron chi connectivity index (χ2n) is 6.43. The van der Waals surface area contributed by atoms with E-state index in [2.05, 4.69) is 34.2 Å². The highest BCUT2D eigenvalue weighted by atomic mass is 35.5. The Morgan fingerprint density at radius 2 is 2.07 bits per heavy atom. The molecule has 2 aromatic rings. The summed E-state index contributed by atoms with van der Waals surface area (Å²) >= 11 is 0. The van der Waals surface area contributed by atoms with Crippen molar-refractivity contribution in [2.45, 2.75) is 19.5 Å². The molecule has 2 aromatic heterocycles. The molecule has 0 fully saturated rings. The van der Waals surface area contributed by atoms with Crippen LogP contribution >= 0.6 is 37.2 Å². The van der Waals surface area contributed by atoms with E-state index < -0.39 is 0 Å². The maximum Gasteiger partial charge on any atom is 0.287 e. The van der Waals surface area contributed by atoms with Gasteiger partial charge in [-0.2, -0.15) is 0 Å². The fourth-order valence-corrected chi connectivity index (χ4v) is 2.98. The van der Waals surface area contributed by atoms with Gasteiger partial charge in [0.2, 0.25) is 0 Å². The van der Waals surface area contributed by atoms with E-state index in [1.807, 2.05) is 12.4 Å². The molecule has 3 rings (SSSR count). The summed E-state index contributed by atoms with van der Waals surface area (Å²) in [4.78, 5) is 21.0. The van der Waals surface area contributed by atoms with E-state index in [1.165, 1.54) is 17.4 Å². The van der Waals surface area contributed by atoms with Crippen LogP contribution in [0, 0.1) is 0 Å². The Bertz CT molecular complexity index is 696. The molecule has 6 nitrogen and oxygen atoms in total. The smallest absolute Gasteiger partial charge is 0.287 e. The fourth-order valence-electron chi connectivity index (χ4n) is 2.98. The summed E-state index contributed by atoms with van der Waals surface area (Å²) in [5, 5.41) is 2.91. The van der Waals surface area contributed by atoms with Crippen LogP contribution in [0.1, 0.15) is 27.2 Å². The van der Waals surface area contributed by atoms with Gasteiger partial charge in [-0.1, -0.05) is 0 Å². The average molecular weight is 438 g/mol. The number of rotatable bonds is 6. The standard InChI is InChI=1S/C18H24N4O2.3ClH/c1-21(2)7-8-22-6-5-16-14(10-19-11-15(16)13-22)12-20-18(23)17-4-3-9-24-17;;;/h3-4,9-11H,5-8,12-13H2,1-2H3,(H,20,23);3*1H.